The van der Waals surface area contributed by atoms with Gasteiger partial charge >= 0.3 is 12.1 Å². The highest BCUT2D eigenvalue weighted by Gasteiger charge is 2.53. The number of rotatable bonds is 8. The molecule has 5 heterocycles. The van der Waals surface area contributed by atoms with Crippen molar-refractivity contribution < 1.29 is 67.4 Å². The van der Waals surface area contributed by atoms with Crippen molar-refractivity contribution in [1.82, 2.24) is 19.8 Å². The van der Waals surface area contributed by atoms with Gasteiger partial charge < -0.3 is 53.3 Å². The van der Waals surface area contributed by atoms with Gasteiger partial charge in [0.2, 0.25) is 11.7 Å². The van der Waals surface area contributed by atoms with Crippen molar-refractivity contribution in [2.24, 2.45) is 35.5 Å². The van der Waals surface area contributed by atoms with Crippen LogP contribution in [0.4, 0.5) is 10.7 Å². The number of fused-ring (bicyclic) bond motifs is 3. The number of nitrogens with zero attached hydrogens (tertiary/aromatic N) is 5. The maximum Gasteiger partial charge on any atom is 0.410 e. The smallest absolute Gasteiger partial charge is 0.410 e. The SMILES string of the molecule is CO[C@H]1C[C@@H]2CC[C@@H](C)[C@@](O)(O2)C(=O)C(=O)N2CCCC[C@H]2C(=O)O[C@H]([C@H](C)C[C@@H]2CC[C@@H](OC(=O)N3CCN(c4ncc(C)cn4)CC3)[C@H](OC)C2)CC(=O)[C@H](C)/C=C(\C)[C@@H](O)[C@@H](OC)C(=O)[C@H](C)C[C@H](C)/C=C/C=CC=C1C. The van der Waals surface area contributed by atoms with Gasteiger partial charge in [-0.05, 0) is 119 Å². The highest BCUT2D eigenvalue weighted by molar-refractivity contribution is 6.39. The molecule has 1 aromatic heterocycles. The third-order valence-corrected chi connectivity index (χ3v) is 17.3. The Labute approximate surface area is 473 Å². The number of anilines is 1. The number of methoxy groups -OCH3 is 3. The molecule has 0 unspecified atom stereocenters. The van der Waals surface area contributed by atoms with Gasteiger partial charge in [0.25, 0.3) is 11.7 Å². The van der Waals surface area contributed by atoms with Crippen LogP contribution in [0.5, 0.6) is 0 Å². The zero-order chi connectivity index (χ0) is 58.4. The van der Waals surface area contributed by atoms with Crippen LogP contribution in [-0.4, -0.2) is 174 Å². The van der Waals surface area contributed by atoms with Gasteiger partial charge in [0.15, 0.2) is 5.78 Å². The van der Waals surface area contributed by atoms with E-state index < -0.39 is 102 Å². The molecule has 19 heteroatoms. The molecular weight excluding hydrogens is 1030 g/mol. The zero-order valence-corrected chi connectivity index (χ0v) is 49.3. The standard InChI is InChI=1S/C61H91N5O14/c1-37-17-13-12-14-18-39(3)50(75-9)33-46-22-20-44(8)61(74,80-46)56(70)57(71)66-24-16-15-19-47(66)58(72)78-51(34-48(67)40(4)30-43(7)54(69)55(77-11)53(68)42(6)29-37)41(5)31-45-21-23-49(52(32-45)76-10)79-60(73)65-27-25-64(26-28-65)59-62-35-38(2)36-63-59/h12-14,17-18,30,35-37,40-42,44-47,49-52,54-55,69,74H,15-16,19-29,31-34H2,1-11H3/b14-12?,17-13+,39-18?,43-30+/t37-,40-,41-,42-,44-,45+,46+,47+,49-,50+,51+,52-,54-,55+,61-/m1/s1. The van der Waals surface area contributed by atoms with Crippen molar-refractivity contribution in [2.75, 3.05) is 59.0 Å². The van der Waals surface area contributed by atoms with Gasteiger partial charge in [-0.1, -0.05) is 71.1 Å². The summed E-state index contributed by atoms with van der Waals surface area (Å²) in [6.45, 7) is 16.7. The molecule has 15 atom stereocenters. The minimum absolute atomic E-state index is 0.0000538. The third-order valence-electron chi connectivity index (χ3n) is 17.3. The van der Waals surface area contributed by atoms with E-state index in [0.29, 0.717) is 102 Å². The first-order valence-electron chi connectivity index (χ1n) is 29.1. The number of aliphatic hydroxyl groups is 2. The molecule has 5 aliphatic rings. The number of esters is 1. The van der Waals surface area contributed by atoms with E-state index in [9.17, 15) is 39.0 Å². The Morgan fingerprint density at radius 2 is 1.52 bits per heavy atom. The second-order valence-corrected chi connectivity index (χ2v) is 23.5. The topological polar surface area (TPSA) is 234 Å². The number of ether oxygens (including phenoxy) is 6. The van der Waals surface area contributed by atoms with Gasteiger partial charge in [-0.15, -0.1) is 0 Å². The van der Waals surface area contributed by atoms with E-state index in [2.05, 4.69) is 9.97 Å². The molecule has 0 spiro atoms. The predicted octanol–water partition coefficient (Wildman–Crippen LogP) is 7.25. The summed E-state index contributed by atoms with van der Waals surface area (Å²) in [7, 11) is 4.54. The van der Waals surface area contributed by atoms with Gasteiger partial charge in [0.1, 0.15) is 36.2 Å². The molecule has 19 nitrogen and oxygen atoms in total. The van der Waals surface area contributed by atoms with Crippen LogP contribution in [0.25, 0.3) is 0 Å². The monoisotopic (exact) mass is 1120 g/mol. The lowest BCUT2D eigenvalue weighted by atomic mass is 9.78. The number of aliphatic hydroxyl groups excluding tert-OH is 1. The number of aryl methyl sites for hydroxylation is 1. The predicted molar refractivity (Wildman–Crippen MR) is 300 cm³/mol. The van der Waals surface area contributed by atoms with Crippen molar-refractivity contribution in [3.8, 4) is 0 Å². The number of carbonyl (C=O) groups is 6. The summed E-state index contributed by atoms with van der Waals surface area (Å²) in [6.07, 6.45) is 13.8. The molecule has 2 amide bonds. The van der Waals surface area contributed by atoms with Gasteiger partial charge in [0, 0.05) is 97.0 Å². The minimum Gasteiger partial charge on any atom is -0.460 e. The van der Waals surface area contributed by atoms with Gasteiger partial charge in [-0.2, -0.15) is 0 Å². The second-order valence-electron chi connectivity index (χ2n) is 23.5. The summed E-state index contributed by atoms with van der Waals surface area (Å²) in [6, 6.07) is -1.18. The molecule has 444 valence electrons. The molecular formula is C61H91N5O14. The van der Waals surface area contributed by atoms with E-state index >= 15 is 0 Å². The van der Waals surface area contributed by atoms with Crippen LogP contribution in [0.2, 0.25) is 0 Å². The lowest BCUT2D eigenvalue weighted by Crippen LogP contribution is -2.61. The number of amides is 2. The number of piperidine rings is 1. The average Bonchev–Trinajstić information content (AvgIpc) is 3.44. The number of Topliss-reactive ketones (excluding diaryl/α,β-unsaturated/α-hetero) is 3. The van der Waals surface area contributed by atoms with Crippen molar-refractivity contribution in [1.29, 1.82) is 0 Å². The summed E-state index contributed by atoms with van der Waals surface area (Å²) in [5.41, 5.74) is 2.20. The fraction of sp³-hybridized carbons (Fsp3) is 0.705. The van der Waals surface area contributed by atoms with E-state index in [0.717, 1.165) is 11.1 Å². The maximum absolute atomic E-state index is 14.7. The van der Waals surface area contributed by atoms with E-state index in [-0.39, 0.29) is 42.8 Å². The number of aromatic nitrogens is 2. The average molecular weight is 1120 g/mol. The number of hydrogen-bond donors (Lipinski definition) is 2. The summed E-state index contributed by atoms with van der Waals surface area (Å²) < 4.78 is 36.1. The lowest BCUT2D eigenvalue weighted by molar-refractivity contribution is -0.265. The quantitative estimate of drug-likeness (QED) is 0.148. The highest BCUT2D eigenvalue weighted by atomic mass is 16.6. The van der Waals surface area contributed by atoms with Crippen LogP contribution in [-0.2, 0) is 52.4 Å². The van der Waals surface area contributed by atoms with Crippen LogP contribution >= 0.6 is 0 Å². The normalized spacial score (nSPS) is 35.1. The van der Waals surface area contributed by atoms with Crippen LogP contribution in [0.1, 0.15) is 131 Å². The number of allylic oxidation sites excluding steroid dienone is 6. The third kappa shape index (κ3) is 16.5. The summed E-state index contributed by atoms with van der Waals surface area (Å²) in [5.74, 6) is -7.74. The molecule has 0 aromatic carbocycles. The molecule has 2 bridgehead atoms. The zero-order valence-electron chi connectivity index (χ0n) is 49.3. The Balaban J connectivity index is 1.22. The molecule has 4 aliphatic heterocycles. The summed E-state index contributed by atoms with van der Waals surface area (Å²) >= 11 is 0. The summed E-state index contributed by atoms with van der Waals surface area (Å²) in [4.78, 5) is 99.1. The Bertz CT molecular complexity index is 2400. The number of ketones is 3. The fourth-order valence-electron chi connectivity index (χ4n) is 12.1. The van der Waals surface area contributed by atoms with E-state index in [4.69, 9.17) is 28.4 Å². The Hall–Kier alpha value is -5.18. The largest absolute Gasteiger partial charge is 0.460 e. The van der Waals surface area contributed by atoms with Crippen LogP contribution in [0.3, 0.4) is 0 Å². The van der Waals surface area contributed by atoms with Crippen LogP contribution in [0, 0.1) is 42.4 Å². The van der Waals surface area contributed by atoms with Gasteiger partial charge in [0.05, 0.1) is 18.3 Å². The Morgan fingerprint density at radius 3 is 2.20 bits per heavy atom. The summed E-state index contributed by atoms with van der Waals surface area (Å²) in [5, 5.41) is 23.7. The van der Waals surface area contributed by atoms with Crippen molar-refractivity contribution >= 4 is 41.3 Å². The van der Waals surface area contributed by atoms with Crippen molar-refractivity contribution in [3.63, 3.8) is 0 Å². The first kappa shape index (κ1) is 64.0. The van der Waals surface area contributed by atoms with Crippen LogP contribution in [0.15, 0.2) is 60.0 Å². The molecule has 1 aromatic rings. The molecule has 6 rings (SSSR count). The van der Waals surface area contributed by atoms with E-state index in [1.54, 1.807) is 58.4 Å². The van der Waals surface area contributed by atoms with Gasteiger partial charge in [-0.25, -0.2) is 19.6 Å². The molecule has 1 saturated carbocycles. The molecule has 3 saturated heterocycles. The number of hydrogen-bond acceptors (Lipinski definition) is 17. The van der Waals surface area contributed by atoms with Crippen molar-refractivity contribution in [3.05, 3.63) is 65.6 Å². The lowest BCUT2D eigenvalue weighted by Gasteiger charge is -2.42. The fourth-order valence-corrected chi connectivity index (χ4v) is 12.1. The number of piperazine rings is 1. The maximum atomic E-state index is 14.7. The molecule has 1 aliphatic carbocycles. The van der Waals surface area contributed by atoms with Crippen LogP contribution < -0.4 is 4.90 Å². The molecule has 4 fully saturated rings. The Kier molecular flexibility index (Phi) is 23.8. The van der Waals surface area contributed by atoms with Gasteiger partial charge in [-0.3, -0.25) is 19.2 Å². The molecule has 0 radical (unpaired) electrons. The Morgan fingerprint density at radius 1 is 0.812 bits per heavy atom. The minimum atomic E-state index is -2.46. The first-order chi connectivity index (χ1) is 38.1. The molecule has 2 N–H and O–H groups in total. The van der Waals surface area contributed by atoms with E-state index in [1.165, 1.54) is 12.0 Å². The molecule has 80 heavy (non-hydrogen) atoms. The number of cyclic esters (lactones) is 1. The van der Waals surface area contributed by atoms with E-state index in [1.807, 2.05) is 69.9 Å². The highest BCUT2D eigenvalue weighted by Crippen LogP contribution is 2.38. The number of carbonyl (C=O) groups excluding carboxylic acids is 6. The second kappa shape index (κ2) is 29.7. The van der Waals surface area contributed by atoms with Crippen molar-refractivity contribution in [2.45, 2.75) is 187 Å². The first-order valence-corrected chi connectivity index (χ1v) is 29.1.